The number of carboxylic acid groups (broad SMARTS) is 1. The Bertz CT molecular complexity index is 509. The lowest BCUT2D eigenvalue weighted by Crippen LogP contribution is -2.30. The number of aromatic carboxylic acids is 1. The third kappa shape index (κ3) is 6.56. The van der Waals surface area contributed by atoms with Gasteiger partial charge in [0.15, 0.2) is 0 Å². The van der Waals surface area contributed by atoms with Gasteiger partial charge in [-0.3, -0.25) is 9.59 Å². The number of carboxylic acids is 1. The number of rotatable bonds is 7. The topological polar surface area (TPSA) is 95.5 Å². The highest BCUT2D eigenvalue weighted by molar-refractivity contribution is 5.92. The van der Waals surface area contributed by atoms with Crippen LogP contribution in [0.15, 0.2) is 24.3 Å². The maximum Gasteiger partial charge on any atom is 0.335 e. The van der Waals surface area contributed by atoms with E-state index in [-0.39, 0.29) is 29.8 Å². The van der Waals surface area contributed by atoms with Crippen LogP contribution in [0.25, 0.3) is 0 Å². The highest BCUT2D eigenvalue weighted by Gasteiger charge is 2.07. The number of amides is 2. The summed E-state index contributed by atoms with van der Waals surface area (Å²) in [4.78, 5) is 33.8. The Balaban J connectivity index is 2.33. The van der Waals surface area contributed by atoms with Crippen molar-refractivity contribution in [3.05, 3.63) is 29.8 Å². The summed E-state index contributed by atoms with van der Waals surface area (Å²) in [6.07, 6.45) is 1.02. The van der Waals surface area contributed by atoms with Gasteiger partial charge >= 0.3 is 5.97 Å². The first kappa shape index (κ1) is 16.7. The van der Waals surface area contributed by atoms with Crippen molar-refractivity contribution in [1.29, 1.82) is 0 Å². The Labute approximate surface area is 123 Å². The van der Waals surface area contributed by atoms with Gasteiger partial charge < -0.3 is 15.7 Å². The van der Waals surface area contributed by atoms with E-state index in [4.69, 9.17) is 5.11 Å². The van der Waals surface area contributed by atoms with Crippen LogP contribution < -0.4 is 10.6 Å². The van der Waals surface area contributed by atoms with Crippen LogP contribution >= 0.6 is 0 Å². The molecule has 1 aromatic rings. The summed E-state index contributed by atoms with van der Waals surface area (Å²) >= 11 is 0. The van der Waals surface area contributed by atoms with Crippen LogP contribution in [0.3, 0.4) is 0 Å². The van der Waals surface area contributed by atoms with Crippen LogP contribution in [0.2, 0.25) is 0 Å². The van der Waals surface area contributed by atoms with Crippen LogP contribution in [0.4, 0.5) is 5.69 Å². The zero-order valence-electron chi connectivity index (χ0n) is 12.2. The Morgan fingerprint density at radius 3 is 2.14 bits per heavy atom. The highest BCUT2D eigenvalue weighted by atomic mass is 16.4. The Kier molecular flexibility index (Phi) is 6.39. The molecule has 0 spiro atoms. The second-order valence-corrected chi connectivity index (χ2v) is 5.01. The molecule has 0 fully saturated rings. The van der Waals surface area contributed by atoms with Crippen molar-refractivity contribution in [2.45, 2.75) is 39.2 Å². The van der Waals surface area contributed by atoms with E-state index in [1.165, 1.54) is 24.3 Å². The second-order valence-electron chi connectivity index (χ2n) is 5.01. The number of benzene rings is 1. The molecule has 0 saturated carbocycles. The summed E-state index contributed by atoms with van der Waals surface area (Å²) in [6, 6.07) is 6.01. The van der Waals surface area contributed by atoms with Crippen molar-refractivity contribution in [2.24, 2.45) is 0 Å². The number of nitrogens with one attached hydrogen (secondary N) is 2. The Morgan fingerprint density at radius 1 is 1.05 bits per heavy atom. The van der Waals surface area contributed by atoms with E-state index in [1.54, 1.807) is 0 Å². The van der Waals surface area contributed by atoms with Crippen LogP contribution in [0.1, 0.15) is 43.5 Å². The predicted octanol–water partition coefficient (Wildman–Crippen LogP) is 2.02. The van der Waals surface area contributed by atoms with E-state index in [9.17, 15) is 14.4 Å². The number of hydrogen-bond donors (Lipinski definition) is 3. The molecular weight excluding hydrogens is 272 g/mol. The molecule has 6 nitrogen and oxygen atoms in total. The molecule has 114 valence electrons. The molecule has 0 radical (unpaired) electrons. The first-order chi connectivity index (χ1) is 9.88. The molecular formula is C15H20N2O4. The van der Waals surface area contributed by atoms with Crippen molar-refractivity contribution in [3.8, 4) is 0 Å². The van der Waals surface area contributed by atoms with Crippen molar-refractivity contribution in [2.75, 3.05) is 5.32 Å². The molecule has 1 aromatic carbocycles. The van der Waals surface area contributed by atoms with Crippen molar-refractivity contribution < 1.29 is 19.5 Å². The standard InChI is InChI=1S/C15H20N2O4/c1-10(2)16-13(18)4-3-5-14(19)17-12-8-6-11(7-9-12)15(20)21/h6-10H,3-5H2,1-2H3,(H,16,18)(H,17,19)(H,20,21). The molecule has 3 N–H and O–H groups in total. The van der Waals surface area contributed by atoms with Gasteiger partial charge in [0.25, 0.3) is 0 Å². The first-order valence-electron chi connectivity index (χ1n) is 6.81. The van der Waals surface area contributed by atoms with Gasteiger partial charge in [-0.05, 0) is 44.5 Å². The van der Waals surface area contributed by atoms with Gasteiger partial charge in [-0.1, -0.05) is 0 Å². The largest absolute Gasteiger partial charge is 0.478 e. The molecule has 0 aliphatic rings. The molecule has 6 heteroatoms. The Hall–Kier alpha value is -2.37. The maximum atomic E-state index is 11.7. The third-order valence-corrected chi connectivity index (χ3v) is 2.67. The average Bonchev–Trinajstić information content (AvgIpc) is 2.38. The number of anilines is 1. The number of hydrogen-bond acceptors (Lipinski definition) is 3. The van der Waals surface area contributed by atoms with Gasteiger partial charge in [0.05, 0.1) is 5.56 Å². The lowest BCUT2D eigenvalue weighted by molar-refractivity contribution is -0.121. The minimum absolute atomic E-state index is 0.0661. The molecule has 0 aliphatic heterocycles. The van der Waals surface area contributed by atoms with Crippen LogP contribution in [-0.4, -0.2) is 28.9 Å². The van der Waals surface area contributed by atoms with E-state index in [0.717, 1.165) is 0 Å². The third-order valence-electron chi connectivity index (χ3n) is 2.67. The summed E-state index contributed by atoms with van der Waals surface area (Å²) in [5.41, 5.74) is 0.704. The van der Waals surface area contributed by atoms with Gasteiger partial charge in [-0.25, -0.2) is 4.79 Å². The molecule has 0 atom stereocenters. The minimum Gasteiger partial charge on any atom is -0.478 e. The van der Waals surface area contributed by atoms with E-state index >= 15 is 0 Å². The van der Waals surface area contributed by atoms with Gasteiger partial charge in [-0.15, -0.1) is 0 Å². The van der Waals surface area contributed by atoms with Gasteiger partial charge in [-0.2, -0.15) is 0 Å². The molecule has 21 heavy (non-hydrogen) atoms. The zero-order chi connectivity index (χ0) is 15.8. The minimum atomic E-state index is -1.01. The number of carbonyl (C=O) groups excluding carboxylic acids is 2. The molecule has 0 saturated heterocycles. The molecule has 0 aromatic heterocycles. The van der Waals surface area contributed by atoms with Crippen LogP contribution in [0.5, 0.6) is 0 Å². The first-order valence-corrected chi connectivity index (χ1v) is 6.81. The summed E-state index contributed by atoms with van der Waals surface area (Å²) < 4.78 is 0. The van der Waals surface area contributed by atoms with E-state index < -0.39 is 5.97 Å². The normalized spacial score (nSPS) is 10.2. The molecule has 0 bridgehead atoms. The molecule has 0 heterocycles. The Morgan fingerprint density at radius 2 is 1.62 bits per heavy atom. The monoisotopic (exact) mass is 292 g/mol. The molecule has 0 aliphatic carbocycles. The molecule has 1 rings (SSSR count). The van der Waals surface area contributed by atoms with Gasteiger partial charge in [0.1, 0.15) is 0 Å². The summed E-state index contributed by atoms with van der Waals surface area (Å²) in [7, 11) is 0. The van der Waals surface area contributed by atoms with Crippen molar-refractivity contribution >= 4 is 23.5 Å². The zero-order valence-corrected chi connectivity index (χ0v) is 12.2. The fourth-order valence-electron chi connectivity index (χ4n) is 1.72. The summed E-state index contributed by atoms with van der Waals surface area (Å²) in [5.74, 6) is -1.27. The predicted molar refractivity (Wildman–Crippen MR) is 79.2 cm³/mol. The van der Waals surface area contributed by atoms with Gasteiger partial charge in [0.2, 0.25) is 11.8 Å². The second kappa shape index (κ2) is 8.04. The van der Waals surface area contributed by atoms with Crippen LogP contribution in [-0.2, 0) is 9.59 Å². The van der Waals surface area contributed by atoms with Crippen LogP contribution in [0, 0.1) is 0 Å². The quantitative estimate of drug-likeness (QED) is 0.716. The van der Waals surface area contributed by atoms with E-state index in [2.05, 4.69) is 10.6 Å². The fraction of sp³-hybridized carbons (Fsp3) is 0.400. The maximum absolute atomic E-state index is 11.7. The van der Waals surface area contributed by atoms with E-state index in [1.807, 2.05) is 13.8 Å². The lowest BCUT2D eigenvalue weighted by Gasteiger charge is -2.08. The number of carbonyl (C=O) groups is 3. The SMILES string of the molecule is CC(C)NC(=O)CCCC(=O)Nc1ccc(C(=O)O)cc1. The van der Waals surface area contributed by atoms with Gasteiger partial charge in [0, 0.05) is 24.6 Å². The highest BCUT2D eigenvalue weighted by Crippen LogP contribution is 2.10. The smallest absolute Gasteiger partial charge is 0.335 e. The van der Waals surface area contributed by atoms with Crippen molar-refractivity contribution in [1.82, 2.24) is 5.32 Å². The molecule has 0 unspecified atom stereocenters. The summed E-state index contributed by atoms with van der Waals surface area (Å²) in [6.45, 7) is 3.76. The fourth-order valence-corrected chi connectivity index (χ4v) is 1.72. The van der Waals surface area contributed by atoms with E-state index in [0.29, 0.717) is 18.5 Å². The summed E-state index contributed by atoms with van der Waals surface area (Å²) in [5, 5.41) is 14.2. The molecule has 2 amide bonds. The average molecular weight is 292 g/mol. The lowest BCUT2D eigenvalue weighted by atomic mass is 10.2. The van der Waals surface area contributed by atoms with Crippen molar-refractivity contribution in [3.63, 3.8) is 0 Å².